The van der Waals surface area contributed by atoms with E-state index in [-0.39, 0.29) is 67.2 Å². The maximum Gasteiger partial charge on any atom is 0.335 e. The zero-order chi connectivity index (χ0) is 44.1. The molecule has 0 radical (unpaired) electrons. The number of nitrogens with two attached hydrogens (primary N) is 1. The highest BCUT2D eigenvalue weighted by molar-refractivity contribution is 6.05. The Balaban J connectivity index is 1.19. The van der Waals surface area contributed by atoms with Gasteiger partial charge in [0.15, 0.2) is 0 Å². The molecular weight excluding hydrogens is 813 g/mol. The first-order chi connectivity index (χ1) is 30.4. The fraction of sp³-hybridized carbons (Fsp3) is 0.395. The van der Waals surface area contributed by atoms with Crippen molar-refractivity contribution in [3.05, 3.63) is 82.5 Å². The summed E-state index contributed by atoms with van der Waals surface area (Å²) in [6, 6.07) is 9.22. The van der Waals surface area contributed by atoms with Crippen molar-refractivity contribution in [1.29, 1.82) is 0 Å². The number of carbonyl (C=O) groups excluding carboxylic acids is 3. The standard InChI is InChI=1S/C43H48N12O8/c1-5-53-32(13-23(3)49-53)39(57)47-42-45-30-15-25(38(44)56)17-34-36(30)51(42)11-7-8-12-52-37-31(46-43(52)48-40(58)33-14-24(4)50-54(33)6-2)16-26(41(59)60)18-35(37)63-22-29(21-62-34)55-27-9-10-28(55)20-61-19-27/h7-8,13-18,27-29H,5-6,9-12,19-22H2,1-4H3,(H2,44,56)(H,59,60)(H,45,47,57)(H,46,48,58)/b8-7+. The van der Waals surface area contributed by atoms with Gasteiger partial charge in [-0.1, -0.05) is 12.2 Å². The van der Waals surface area contributed by atoms with Crippen molar-refractivity contribution in [2.24, 2.45) is 5.73 Å². The summed E-state index contributed by atoms with van der Waals surface area (Å²) in [7, 11) is 0. The molecule has 20 heteroatoms. The number of fused-ring (bicyclic) bond motifs is 2. The Kier molecular flexibility index (Phi) is 10.9. The lowest BCUT2D eigenvalue weighted by Gasteiger charge is -2.40. The van der Waals surface area contributed by atoms with E-state index in [0.717, 1.165) is 12.8 Å². The smallest absolute Gasteiger partial charge is 0.335 e. The zero-order valence-corrected chi connectivity index (χ0v) is 35.3. The molecule has 20 nitrogen and oxygen atoms in total. The van der Waals surface area contributed by atoms with Crippen LogP contribution in [0.15, 0.2) is 48.6 Å². The van der Waals surface area contributed by atoms with E-state index >= 15 is 0 Å². The van der Waals surface area contributed by atoms with Gasteiger partial charge in [-0.25, -0.2) is 14.8 Å². The van der Waals surface area contributed by atoms with Crippen LogP contribution in [0.3, 0.4) is 0 Å². The van der Waals surface area contributed by atoms with Crippen LogP contribution in [0.5, 0.6) is 11.5 Å². The van der Waals surface area contributed by atoms with Gasteiger partial charge in [-0.3, -0.25) is 39.3 Å². The molecule has 3 atom stereocenters. The lowest BCUT2D eigenvalue weighted by molar-refractivity contribution is -0.0534. The Morgan fingerprint density at radius 1 is 0.698 bits per heavy atom. The van der Waals surface area contributed by atoms with Gasteiger partial charge < -0.3 is 34.2 Å². The van der Waals surface area contributed by atoms with E-state index in [1.807, 2.05) is 32.9 Å². The number of carboxylic acids is 1. The van der Waals surface area contributed by atoms with Gasteiger partial charge in [0.1, 0.15) is 47.1 Å². The van der Waals surface area contributed by atoms with Crippen molar-refractivity contribution >= 4 is 57.7 Å². The minimum Gasteiger partial charge on any atom is -0.490 e. The predicted molar refractivity (Wildman–Crippen MR) is 230 cm³/mol. The number of imidazole rings is 2. The third kappa shape index (κ3) is 7.75. The summed E-state index contributed by atoms with van der Waals surface area (Å²) in [5.41, 5.74) is 9.65. The Bertz CT molecular complexity index is 2640. The third-order valence-corrected chi connectivity index (χ3v) is 11.8. The first-order valence-corrected chi connectivity index (χ1v) is 21.0. The maximum atomic E-state index is 13.9. The molecule has 63 heavy (non-hydrogen) atoms. The largest absolute Gasteiger partial charge is 0.490 e. The number of anilines is 2. The van der Waals surface area contributed by atoms with Crippen molar-refractivity contribution in [2.75, 3.05) is 37.1 Å². The van der Waals surface area contributed by atoms with E-state index < -0.39 is 29.7 Å². The molecule has 3 aliphatic rings. The minimum absolute atomic E-state index is 0.0448. The van der Waals surface area contributed by atoms with E-state index in [1.165, 1.54) is 12.1 Å². The molecule has 5 N–H and O–H groups in total. The predicted octanol–water partition coefficient (Wildman–Crippen LogP) is 4.00. The highest BCUT2D eigenvalue weighted by atomic mass is 16.5. The molecule has 6 aromatic rings. The molecule has 0 aliphatic carbocycles. The number of carbonyl (C=O) groups is 4. The second-order valence-corrected chi connectivity index (χ2v) is 15.9. The third-order valence-electron chi connectivity index (χ3n) is 11.8. The number of nitrogens with one attached hydrogen (secondary N) is 2. The second kappa shape index (κ2) is 16.7. The lowest BCUT2D eigenvalue weighted by Crippen LogP contribution is -2.55. The molecule has 2 aromatic carbocycles. The molecule has 7 heterocycles. The van der Waals surface area contributed by atoms with Gasteiger partial charge in [0.2, 0.25) is 17.8 Å². The molecule has 0 saturated carbocycles. The van der Waals surface area contributed by atoms with Crippen molar-refractivity contribution in [2.45, 2.75) is 84.8 Å². The van der Waals surface area contributed by atoms with Gasteiger partial charge in [0.05, 0.1) is 47.2 Å². The molecule has 3 aliphatic heterocycles. The molecule has 2 saturated heterocycles. The first-order valence-electron chi connectivity index (χ1n) is 21.0. The number of primary amides is 1. The Morgan fingerprint density at radius 2 is 1.17 bits per heavy atom. The van der Waals surface area contributed by atoms with Crippen LogP contribution in [-0.4, -0.2) is 117 Å². The molecular formula is C43H48N12O8. The molecule has 0 spiro atoms. The summed E-state index contributed by atoms with van der Waals surface area (Å²) in [5, 5.41) is 25.0. The van der Waals surface area contributed by atoms with E-state index in [4.69, 9.17) is 29.9 Å². The molecule has 2 bridgehead atoms. The quantitative estimate of drug-likeness (QED) is 0.151. The normalized spacial score (nSPS) is 19.5. The van der Waals surface area contributed by atoms with Crippen molar-refractivity contribution < 1.29 is 38.5 Å². The fourth-order valence-electron chi connectivity index (χ4n) is 8.97. The summed E-state index contributed by atoms with van der Waals surface area (Å²) in [6.07, 6.45) is 5.53. The van der Waals surface area contributed by atoms with Crippen LogP contribution >= 0.6 is 0 Å². The topological polar surface area (TPSA) is 241 Å². The summed E-state index contributed by atoms with van der Waals surface area (Å²) in [6.45, 7) is 9.83. The summed E-state index contributed by atoms with van der Waals surface area (Å²) < 4.78 is 26.1. The number of aryl methyl sites for hydroxylation is 4. The van der Waals surface area contributed by atoms with Gasteiger partial charge in [-0.05, 0) is 76.9 Å². The highest BCUT2D eigenvalue weighted by Crippen LogP contribution is 2.36. The van der Waals surface area contributed by atoms with Gasteiger partial charge in [0, 0.05) is 43.8 Å². The van der Waals surface area contributed by atoms with Gasteiger partial charge in [-0.15, -0.1) is 0 Å². The van der Waals surface area contributed by atoms with Gasteiger partial charge >= 0.3 is 5.97 Å². The van der Waals surface area contributed by atoms with Crippen LogP contribution < -0.4 is 25.8 Å². The van der Waals surface area contributed by atoms with E-state index in [0.29, 0.717) is 76.9 Å². The number of morpholine rings is 1. The minimum atomic E-state index is -1.17. The number of allylic oxidation sites excluding steroid dienone is 2. The number of aromatic nitrogens is 8. The van der Waals surface area contributed by atoms with E-state index in [2.05, 4.69) is 25.7 Å². The number of carboxylic acid groups (broad SMARTS) is 1. The highest BCUT2D eigenvalue weighted by Gasteiger charge is 2.42. The number of benzene rings is 2. The van der Waals surface area contributed by atoms with Crippen LogP contribution in [-0.2, 0) is 30.9 Å². The second-order valence-electron chi connectivity index (χ2n) is 15.9. The molecule has 328 valence electrons. The number of rotatable bonds is 9. The van der Waals surface area contributed by atoms with Crippen LogP contribution in [0.4, 0.5) is 11.9 Å². The van der Waals surface area contributed by atoms with Crippen molar-refractivity contribution in [3.63, 3.8) is 0 Å². The van der Waals surface area contributed by atoms with Crippen molar-refractivity contribution in [1.82, 2.24) is 43.6 Å². The average Bonchev–Trinajstić information content (AvgIpc) is 4.06. The van der Waals surface area contributed by atoms with Crippen LogP contribution in [0.1, 0.15) is 79.8 Å². The Hall–Kier alpha value is -7.06. The maximum absolute atomic E-state index is 13.9. The molecule has 4 aromatic heterocycles. The number of ether oxygens (including phenoxy) is 3. The van der Waals surface area contributed by atoms with Crippen molar-refractivity contribution in [3.8, 4) is 11.5 Å². The lowest BCUT2D eigenvalue weighted by atomic mass is 10.1. The van der Waals surface area contributed by atoms with Gasteiger partial charge in [0.25, 0.3) is 11.8 Å². The number of nitrogens with zero attached hydrogens (tertiary/aromatic N) is 9. The Labute approximate surface area is 360 Å². The monoisotopic (exact) mass is 860 g/mol. The van der Waals surface area contributed by atoms with Crippen LogP contribution in [0.25, 0.3) is 22.1 Å². The SMILES string of the molecule is CCn1nc(C)cc1C(=O)Nc1nc2cc(C(N)=O)cc3c2n1C/C=C/Cn1c(NC(=O)c2cc(C)nn2CC)nc2cc(C(=O)O)cc(c21)OCC(N1C2CCC1COC2)CO3. The van der Waals surface area contributed by atoms with Crippen LogP contribution in [0, 0.1) is 13.8 Å². The van der Waals surface area contributed by atoms with Crippen LogP contribution in [0.2, 0.25) is 0 Å². The number of amides is 3. The first kappa shape index (κ1) is 41.3. The summed E-state index contributed by atoms with van der Waals surface area (Å²) in [4.78, 5) is 64.9. The number of hydrogen-bond acceptors (Lipinski definition) is 12. The molecule has 3 amide bonds. The van der Waals surface area contributed by atoms with E-state index in [1.54, 1.807) is 49.7 Å². The van der Waals surface area contributed by atoms with E-state index in [9.17, 15) is 24.3 Å². The molecule has 3 unspecified atom stereocenters. The number of aromatic carboxylic acids is 1. The summed E-state index contributed by atoms with van der Waals surface area (Å²) in [5.74, 6) is -1.82. The number of hydrogen-bond donors (Lipinski definition) is 4. The fourth-order valence-corrected chi connectivity index (χ4v) is 8.97. The molecule has 2 fully saturated rings. The Morgan fingerprint density at radius 3 is 1.63 bits per heavy atom. The average molecular weight is 861 g/mol. The summed E-state index contributed by atoms with van der Waals surface area (Å²) >= 11 is 0. The van der Waals surface area contributed by atoms with Gasteiger partial charge in [-0.2, -0.15) is 10.2 Å². The molecule has 9 rings (SSSR count). The zero-order valence-electron chi connectivity index (χ0n) is 35.3.